The van der Waals surface area contributed by atoms with Gasteiger partial charge in [0.25, 0.3) is 5.92 Å². The van der Waals surface area contributed by atoms with E-state index in [1.54, 1.807) is 6.92 Å². The van der Waals surface area contributed by atoms with Crippen molar-refractivity contribution in [3.63, 3.8) is 0 Å². The largest absolute Gasteiger partial charge is 0.457 e. The molecule has 1 heterocycles. The fourth-order valence-electron chi connectivity index (χ4n) is 5.79. The predicted octanol–water partition coefficient (Wildman–Crippen LogP) is 4.44. The van der Waals surface area contributed by atoms with Crippen molar-refractivity contribution < 1.29 is 28.2 Å². The van der Waals surface area contributed by atoms with E-state index in [1.807, 2.05) is 34.6 Å². The van der Waals surface area contributed by atoms with Crippen molar-refractivity contribution in [1.29, 1.82) is 0 Å². The number of carbonyl (C=O) groups excluding carboxylic acids is 1. The lowest BCUT2D eigenvalue weighted by Crippen LogP contribution is -2.56. The molecular weight excluding hydrogens is 354 g/mol. The molecule has 0 aromatic rings. The number of hydrogen-bond acceptors (Lipinski definition) is 4. The molecule has 0 aromatic carbocycles. The summed E-state index contributed by atoms with van der Waals surface area (Å²) >= 11 is 0. The average Bonchev–Trinajstić information content (AvgIpc) is 2.60. The third kappa shape index (κ3) is 3.21. The number of alkyl halides is 2. The van der Waals surface area contributed by atoms with Crippen molar-refractivity contribution >= 4 is 5.97 Å². The molecule has 158 valence electrons. The maximum atomic E-state index is 15.7. The van der Waals surface area contributed by atoms with Crippen molar-refractivity contribution in [2.24, 2.45) is 28.6 Å². The summed E-state index contributed by atoms with van der Waals surface area (Å²) in [6.07, 6.45) is -2.59. The smallest absolute Gasteiger partial charge is 0.303 e. The first-order valence-electron chi connectivity index (χ1n) is 9.92. The zero-order valence-corrected chi connectivity index (χ0v) is 18.1. The van der Waals surface area contributed by atoms with Crippen LogP contribution in [0.1, 0.15) is 68.7 Å². The fourth-order valence-corrected chi connectivity index (χ4v) is 5.79. The van der Waals surface area contributed by atoms with Crippen molar-refractivity contribution in [1.82, 2.24) is 0 Å². The molecule has 27 heavy (non-hydrogen) atoms. The molecule has 0 amide bonds. The lowest BCUT2D eigenvalue weighted by atomic mass is 9.57. The van der Waals surface area contributed by atoms with Gasteiger partial charge in [-0.05, 0) is 43.4 Å². The van der Waals surface area contributed by atoms with Gasteiger partial charge in [0.1, 0.15) is 6.10 Å². The topological polar surface area (TPSA) is 55.8 Å². The standard InChI is InChI=1S/C21H36F2O4/c1-11(2)20(9)18(5,6)15-12(3)10-14(27-17(15)21(20,22)23)16(19(7,8)25)26-13(4)24/h11-12,14-17,25H,10H2,1-9H3. The SMILES string of the molecule is CC(=O)OC(C1CC(C)C2C(O1)C(F)(F)C(C)(C(C)C)C2(C)C)C(C)(C)O. The Morgan fingerprint density at radius 3 is 2.19 bits per heavy atom. The maximum Gasteiger partial charge on any atom is 0.303 e. The molecule has 1 saturated carbocycles. The highest BCUT2D eigenvalue weighted by Crippen LogP contribution is 2.70. The Bertz CT molecular complexity index is 581. The van der Waals surface area contributed by atoms with Crippen LogP contribution >= 0.6 is 0 Å². The van der Waals surface area contributed by atoms with Gasteiger partial charge in [0.15, 0.2) is 6.10 Å². The molecule has 1 aliphatic carbocycles. The van der Waals surface area contributed by atoms with Crippen LogP contribution < -0.4 is 0 Å². The van der Waals surface area contributed by atoms with E-state index in [0.717, 1.165) is 0 Å². The van der Waals surface area contributed by atoms with E-state index in [2.05, 4.69) is 0 Å². The highest BCUT2D eigenvalue weighted by Gasteiger charge is 2.76. The van der Waals surface area contributed by atoms with E-state index in [-0.39, 0.29) is 17.8 Å². The molecular formula is C21H36F2O4. The van der Waals surface area contributed by atoms with Gasteiger partial charge in [0.05, 0.1) is 11.7 Å². The average molecular weight is 391 g/mol. The fraction of sp³-hybridized carbons (Fsp3) is 0.952. The normalized spacial score (nSPS) is 39.1. The summed E-state index contributed by atoms with van der Waals surface area (Å²) in [6, 6.07) is 0. The van der Waals surface area contributed by atoms with Crippen LogP contribution in [0.25, 0.3) is 0 Å². The molecule has 0 radical (unpaired) electrons. The molecule has 2 aliphatic rings. The molecule has 1 saturated heterocycles. The van der Waals surface area contributed by atoms with Gasteiger partial charge < -0.3 is 14.6 Å². The molecule has 1 aliphatic heterocycles. The molecule has 2 fully saturated rings. The number of hydrogen-bond donors (Lipinski definition) is 1. The van der Waals surface area contributed by atoms with E-state index >= 15 is 8.78 Å². The number of esters is 1. The lowest BCUT2D eigenvalue weighted by molar-refractivity contribution is -0.249. The first-order chi connectivity index (χ1) is 12.0. The van der Waals surface area contributed by atoms with Gasteiger partial charge >= 0.3 is 5.97 Å². The van der Waals surface area contributed by atoms with E-state index in [0.29, 0.717) is 6.42 Å². The predicted molar refractivity (Wildman–Crippen MR) is 99.5 cm³/mol. The molecule has 6 atom stereocenters. The van der Waals surface area contributed by atoms with Crippen molar-refractivity contribution in [2.45, 2.75) is 98.6 Å². The van der Waals surface area contributed by atoms with Crippen LogP contribution in [-0.4, -0.2) is 40.9 Å². The first kappa shape index (κ1) is 22.5. The molecule has 2 rings (SSSR count). The van der Waals surface area contributed by atoms with Gasteiger partial charge in [-0.1, -0.05) is 41.5 Å². The van der Waals surface area contributed by atoms with E-state index in [1.165, 1.54) is 20.8 Å². The van der Waals surface area contributed by atoms with Crippen LogP contribution in [0.3, 0.4) is 0 Å². The van der Waals surface area contributed by atoms with Gasteiger partial charge in [-0.25, -0.2) is 8.78 Å². The maximum absolute atomic E-state index is 15.7. The molecule has 6 heteroatoms. The molecule has 6 unspecified atom stereocenters. The minimum absolute atomic E-state index is 0.0596. The third-order valence-corrected chi connectivity index (χ3v) is 7.57. The summed E-state index contributed by atoms with van der Waals surface area (Å²) in [5, 5.41) is 10.5. The molecule has 4 nitrogen and oxygen atoms in total. The Kier molecular flexibility index (Phi) is 5.55. The van der Waals surface area contributed by atoms with Gasteiger partial charge in [-0.15, -0.1) is 0 Å². The van der Waals surface area contributed by atoms with Gasteiger partial charge in [0.2, 0.25) is 0 Å². The number of fused-ring (bicyclic) bond motifs is 1. The molecule has 0 spiro atoms. The Hall–Kier alpha value is -0.750. The van der Waals surface area contributed by atoms with Crippen LogP contribution in [0.15, 0.2) is 0 Å². The van der Waals surface area contributed by atoms with Crippen molar-refractivity contribution in [3.05, 3.63) is 0 Å². The highest BCUT2D eigenvalue weighted by molar-refractivity contribution is 5.66. The van der Waals surface area contributed by atoms with Gasteiger partial charge in [-0.2, -0.15) is 0 Å². The monoisotopic (exact) mass is 390 g/mol. The summed E-state index contributed by atoms with van der Waals surface area (Å²) in [5.41, 5.74) is -3.26. The summed E-state index contributed by atoms with van der Waals surface area (Å²) in [6.45, 7) is 15.4. The summed E-state index contributed by atoms with van der Waals surface area (Å²) in [4.78, 5) is 11.5. The van der Waals surface area contributed by atoms with E-state index in [9.17, 15) is 9.90 Å². The van der Waals surface area contributed by atoms with Crippen LogP contribution in [0.4, 0.5) is 8.78 Å². The highest BCUT2D eigenvalue weighted by atomic mass is 19.3. The van der Waals surface area contributed by atoms with Crippen molar-refractivity contribution in [2.75, 3.05) is 0 Å². The Balaban J connectivity index is 2.48. The van der Waals surface area contributed by atoms with Crippen LogP contribution in [0.2, 0.25) is 0 Å². The zero-order chi connectivity index (χ0) is 21.2. The molecule has 0 aromatic heterocycles. The molecule has 0 bridgehead atoms. The number of carbonyl (C=O) groups is 1. The van der Waals surface area contributed by atoms with Gasteiger partial charge in [-0.3, -0.25) is 4.79 Å². The second-order valence-electron chi connectivity index (χ2n) is 10.2. The Morgan fingerprint density at radius 1 is 1.26 bits per heavy atom. The van der Waals surface area contributed by atoms with Crippen molar-refractivity contribution in [3.8, 4) is 0 Å². The minimum Gasteiger partial charge on any atom is -0.457 e. The van der Waals surface area contributed by atoms with E-state index < -0.39 is 46.6 Å². The van der Waals surface area contributed by atoms with Crippen LogP contribution in [0, 0.1) is 28.6 Å². The van der Waals surface area contributed by atoms with E-state index in [4.69, 9.17) is 9.47 Å². The number of rotatable bonds is 4. The van der Waals surface area contributed by atoms with Crippen LogP contribution in [0.5, 0.6) is 0 Å². The Labute approximate surface area is 162 Å². The second-order valence-corrected chi connectivity index (χ2v) is 10.2. The third-order valence-electron chi connectivity index (χ3n) is 7.57. The lowest BCUT2D eigenvalue weighted by Gasteiger charge is -2.48. The summed E-state index contributed by atoms with van der Waals surface area (Å²) < 4.78 is 42.8. The quantitative estimate of drug-likeness (QED) is 0.721. The Morgan fingerprint density at radius 2 is 1.78 bits per heavy atom. The zero-order valence-electron chi connectivity index (χ0n) is 18.1. The second kappa shape index (κ2) is 6.65. The van der Waals surface area contributed by atoms with Crippen LogP contribution in [-0.2, 0) is 14.3 Å². The summed E-state index contributed by atoms with van der Waals surface area (Å²) in [5.74, 6) is -4.22. The summed E-state index contributed by atoms with van der Waals surface area (Å²) in [7, 11) is 0. The van der Waals surface area contributed by atoms with Gasteiger partial charge in [0, 0.05) is 12.3 Å². The minimum atomic E-state index is -3.04. The molecule has 1 N–H and O–H groups in total. The number of halogens is 2. The first-order valence-corrected chi connectivity index (χ1v) is 9.92. The number of ether oxygens (including phenoxy) is 2. The number of aliphatic hydroxyl groups is 1.